The topological polar surface area (TPSA) is 124 Å². The molecular formula is C20H24N4O4S. The summed E-state index contributed by atoms with van der Waals surface area (Å²) in [4.78, 5) is 12.7. The summed E-state index contributed by atoms with van der Waals surface area (Å²) >= 11 is 0. The summed E-state index contributed by atoms with van der Waals surface area (Å²) in [6, 6.07) is 6.19. The molecule has 154 valence electrons. The highest BCUT2D eigenvalue weighted by molar-refractivity contribution is 7.90. The Labute approximate surface area is 170 Å². The van der Waals surface area contributed by atoms with Gasteiger partial charge in [-0.15, -0.1) is 0 Å². The summed E-state index contributed by atoms with van der Waals surface area (Å²) in [5.74, 6) is 0.415. The van der Waals surface area contributed by atoms with Crippen LogP contribution in [0.25, 0.3) is 0 Å². The third-order valence-electron chi connectivity index (χ3n) is 4.63. The zero-order chi connectivity index (χ0) is 20.9. The number of aromatic nitrogens is 1. The number of aryl methyl sites for hydroxylation is 1. The molecule has 0 radical (unpaired) electrons. The zero-order valence-corrected chi connectivity index (χ0v) is 17.0. The number of nitrogens with one attached hydrogen (secondary N) is 1. The first kappa shape index (κ1) is 20.9. The van der Waals surface area contributed by atoms with E-state index in [9.17, 15) is 18.6 Å². The fourth-order valence-corrected chi connectivity index (χ4v) is 4.09. The Morgan fingerprint density at radius 1 is 1.28 bits per heavy atom. The van der Waals surface area contributed by atoms with Gasteiger partial charge in [0.05, 0.1) is 22.9 Å². The lowest BCUT2D eigenvalue weighted by atomic mass is 10.1. The molecular weight excluding hydrogens is 392 g/mol. The lowest BCUT2D eigenvalue weighted by molar-refractivity contribution is 0.280. The van der Waals surface area contributed by atoms with E-state index in [4.69, 9.17) is 0 Å². The average Bonchev–Trinajstić information content (AvgIpc) is 2.97. The Morgan fingerprint density at radius 3 is 2.90 bits per heavy atom. The molecule has 3 rings (SSSR count). The second-order valence-electron chi connectivity index (χ2n) is 6.79. The van der Waals surface area contributed by atoms with Crippen molar-refractivity contribution in [3.8, 4) is 5.75 Å². The van der Waals surface area contributed by atoms with Crippen molar-refractivity contribution >= 4 is 27.8 Å². The molecule has 0 bridgehead atoms. The van der Waals surface area contributed by atoms with Gasteiger partial charge in [-0.3, -0.25) is 19.7 Å². The number of hydrogen-bond acceptors (Lipinski definition) is 7. The smallest absolute Gasteiger partial charge is 0.262 e. The fourth-order valence-electron chi connectivity index (χ4n) is 2.96. The third kappa shape index (κ3) is 5.18. The van der Waals surface area contributed by atoms with Crippen LogP contribution >= 0.6 is 0 Å². The second-order valence-corrected chi connectivity index (χ2v) is 8.47. The van der Waals surface area contributed by atoms with E-state index in [-0.39, 0.29) is 17.3 Å². The van der Waals surface area contributed by atoms with Gasteiger partial charge in [0.25, 0.3) is 10.0 Å². The van der Waals surface area contributed by atoms with Gasteiger partial charge in [-0.1, -0.05) is 12.5 Å². The van der Waals surface area contributed by atoms with Crippen LogP contribution in [0.3, 0.4) is 0 Å². The summed E-state index contributed by atoms with van der Waals surface area (Å²) in [5.41, 5.74) is 1.58. The Hall–Kier alpha value is -2.78. The molecule has 0 saturated carbocycles. The highest BCUT2D eigenvalue weighted by atomic mass is 32.2. The molecule has 0 saturated heterocycles. The van der Waals surface area contributed by atoms with Gasteiger partial charge in [0.15, 0.2) is 0 Å². The van der Waals surface area contributed by atoms with Crippen LogP contribution in [0, 0.1) is 6.92 Å². The monoisotopic (exact) mass is 416 g/mol. The van der Waals surface area contributed by atoms with Gasteiger partial charge >= 0.3 is 0 Å². The highest BCUT2D eigenvalue weighted by Gasteiger charge is 2.17. The quantitative estimate of drug-likeness (QED) is 0.646. The first-order chi connectivity index (χ1) is 13.9. The molecule has 29 heavy (non-hydrogen) atoms. The highest BCUT2D eigenvalue weighted by Crippen LogP contribution is 2.24. The first-order valence-corrected chi connectivity index (χ1v) is 10.9. The van der Waals surface area contributed by atoms with E-state index >= 15 is 0 Å². The SMILES string of the molecule is Cc1ncc(CO)c(C=Nc2cccc(S(=O)(=O)NC3=NCCCCC3)c2)c1O. The Bertz CT molecular complexity index is 1050. The van der Waals surface area contributed by atoms with E-state index in [1.54, 1.807) is 19.1 Å². The number of aliphatic hydroxyl groups excluding tert-OH is 1. The summed E-state index contributed by atoms with van der Waals surface area (Å²) in [6.45, 7) is 1.97. The largest absolute Gasteiger partial charge is 0.505 e. The number of aliphatic imine (C=N–C) groups is 2. The summed E-state index contributed by atoms with van der Waals surface area (Å²) in [5, 5.41) is 19.6. The van der Waals surface area contributed by atoms with E-state index < -0.39 is 10.0 Å². The van der Waals surface area contributed by atoms with E-state index in [0.717, 1.165) is 19.3 Å². The molecule has 0 fully saturated rings. The normalized spacial score (nSPS) is 15.2. The minimum atomic E-state index is -3.76. The lowest BCUT2D eigenvalue weighted by Gasteiger charge is -2.10. The summed E-state index contributed by atoms with van der Waals surface area (Å²) in [7, 11) is -3.76. The first-order valence-electron chi connectivity index (χ1n) is 9.39. The van der Waals surface area contributed by atoms with Crippen LogP contribution in [-0.4, -0.2) is 42.2 Å². The Morgan fingerprint density at radius 2 is 2.10 bits per heavy atom. The lowest BCUT2D eigenvalue weighted by Crippen LogP contribution is -2.30. The van der Waals surface area contributed by atoms with E-state index in [1.165, 1.54) is 24.5 Å². The van der Waals surface area contributed by atoms with Gasteiger partial charge in [0.1, 0.15) is 11.6 Å². The second kappa shape index (κ2) is 9.15. The molecule has 0 spiro atoms. The van der Waals surface area contributed by atoms with Crippen molar-refractivity contribution in [1.29, 1.82) is 0 Å². The maximum absolute atomic E-state index is 12.7. The molecule has 2 heterocycles. The molecule has 0 amide bonds. The Kier molecular flexibility index (Phi) is 6.60. The van der Waals surface area contributed by atoms with E-state index in [1.807, 2.05) is 0 Å². The number of aromatic hydroxyl groups is 1. The van der Waals surface area contributed by atoms with Crippen molar-refractivity contribution in [2.45, 2.75) is 44.1 Å². The number of pyridine rings is 1. The van der Waals surface area contributed by atoms with E-state index in [0.29, 0.717) is 41.3 Å². The van der Waals surface area contributed by atoms with Gasteiger partial charge < -0.3 is 10.2 Å². The van der Waals surface area contributed by atoms with Crippen LogP contribution in [0.4, 0.5) is 5.69 Å². The van der Waals surface area contributed by atoms with Crippen molar-refractivity contribution in [3.05, 3.63) is 47.3 Å². The number of aliphatic hydroxyl groups is 1. The molecule has 1 aromatic carbocycles. The molecule has 3 N–H and O–H groups in total. The molecule has 0 atom stereocenters. The maximum atomic E-state index is 12.7. The summed E-state index contributed by atoms with van der Waals surface area (Å²) < 4.78 is 28.0. The molecule has 8 nitrogen and oxygen atoms in total. The van der Waals surface area contributed by atoms with Crippen LogP contribution in [0.1, 0.15) is 42.5 Å². The van der Waals surface area contributed by atoms with Crippen LogP contribution in [0.15, 0.2) is 45.3 Å². The minimum Gasteiger partial charge on any atom is -0.505 e. The molecule has 0 aliphatic carbocycles. The number of rotatable bonds is 5. The molecule has 1 aliphatic rings. The molecule has 0 unspecified atom stereocenters. The van der Waals surface area contributed by atoms with Crippen molar-refractivity contribution in [2.75, 3.05) is 6.54 Å². The van der Waals surface area contributed by atoms with Crippen molar-refractivity contribution in [1.82, 2.24) is 9.71 Å². The van der Waals surface area contributed by atoms with Gasteiger partial charge in [-0.2, -0.15) is 0 Å². The number of benzene rings is 1. The van der Waals surface area contributed by atoms with Gasteiger partial charge in [-0.05, 0) is 38.0 Å². The third-order valence-corrected chi connectivity index (χ3v) is 6.00. The van der Waals surface area contributed by atoms with Crippen LogP contribution < -0.4 is 4.72 Å². The number of sulfonamides is 1. The fraction of sp³-hybridized carbons (Fsp3) is 0.350. The van der Waals surface area contributed by atoms with E-state index in [2.05, 4.69) is 19.7 Å². The van der Waals surface area contributed by atoms with Crippen molar-refractivity contribution < 1.29 is 18.6 Å². The Balaban J connectivity index is 1.85. The van der Waals surface area contributed by atoms with Crippen LogP contribution in [-0.2, 0) is 16.6 Å². The van der Waals surface area contributed by atoms with Crippen LogP contribution in [0.2, 0.25) is 0 Å². The predicted octanol–water partition coefficient (Wildman–Crippen LogP) is 2.59. The minimum absolute atomic E-state index is 0.0721. The van der Waals surface area contributed by atoms with Gasteiger partial charge in [0, 0.05) is 36.5 Å². The molecule has 1 aromatic heterocycles. The standard InChI is InChI=1S/C20H24N4O4S/c1-14-20(26)18(15(13-25)11-22-14)12-23-16-6-5-7-17(10-16)29(27,28)24-19-8-3-2-4-9-21-19/h5-7,10-12,25-26H,2-4,8-9,13H2,1H3,(H,21,24). The molecule has 1 aliphatic heterocycles. The van der Waals surface area contributed by atoms with Gasteiger partial charge in [-0.25, -0.2) is 8.42 Å². The number of hydrogen-bond donors (Lipinski definition) is 3. The average molecular weight is 417 g/mol. The maximum Gasteiger partial charge on any atom is 0.262 e. The number of amidine groups is 1. The van der Waals surface area contributed by atoms with Crippen LogP contribution in [0.5, 0.6) is 5.75 Å². The number of nitrogens with zero attached hydrogens (tertiary/aromatic N) is 3. The van der Waals surface area contributed by atoms with Gasteiger partial charge in [0.2, 0.25) is 0 Å². The molecule has 2 aromatic rings. The molecule has 9 heteroatoms. The van der Waals surface area contributed by atoms with Crippen molar-refractivity contribution in [3.63, 3.8) is 0 Å². The zero-order valence-electron chi connectivity index (χ0n) is 16.2. The van der Waals surface area contributed by atoms with Crippen molar-refractivity contribution in [2.24, 2.45) is 9.98 Å². The summed E-state index contributed by atoms with van der Waals surface area (Å²) in [6.07, 6.45) is 6.39. The predicted molar refractivity (Wildman–Crippen MR) is 111 cm³/mol.